The van der Waals surface area contributed by atoms with Crippen LogP contribution in [0.5, 0.6) is 0 Å². The highest BCUT2D eigenvalue weighted by Gasteiger charge is 2.34. The van der Waals surface area contributed by atoms with E-state index in [1.54, 1.807) is 13.0 Å². The number of carbonyl (C=O) groups is 1. The van der Waals surface area contributed by atoms with Gasteiger partial charge in [0.1, 0.15) is 5.82 Å². The molecule has 0 radical (unpaired) electrons. The van der Waals surface area contributed by atoms with E-state index in [0.717, 1.165) is 24.8 Å². The van der Waals surface area contributed by atoms with Gasteiger partial charge in [-0.05, 0) is 43.7 Å². The molecule has 1 saturated carbocycles. The van der Waals surface area contributed by atoms with Crippen molar-refractivity contribution in [3.63, 3.8) is 0 Å². The Balaban J connectivity index is 1.82. The maximum absolute atomic E-state index is 14.6. The molecule has 0 aliphatic heterocycles. The van der Waals surface area contributed by atoms with Crippen molar-refractivity contribution < 1.29 is 9.18 Å². The zero-order valence-corrected chi connectivity index (χ0v) is 17.2. The van der Waals surface area contributed by atoms with Gasteiger partial charge in [-0.3, -0.25) is 9.59 Å². The molecule has 1 aromatic heterocycles. The van der Waals surface area contributed by atoms with E-state index in [1.165, 1.54) is 16.8 Å². The number of pyridine rings is 1. The largest absolute Gasteiger partial charge is 0.345 e. The summed E-state index contributed by atoms with van der Waals surface area (Å²) in [7, 11) is 0. The fraction of sp³-hybridized carbons (Fsp3) is 0.333. The first kappa shape index (κ1) is 20.1. The molecule has 0 bridgehead atoms. The number of amides is 1. The molecular formula is C24H26FN3O2. The molecule has 1 fully saturated rings. The second kappa shape index (κ2) is 8.30. The van der Waals surface area contributed by atoms with Crippen LogP contribution in [0.15, 0.2) is 53.3 Å². The number of hydrogen-bond acceptors (Lipinski definition) is 3. The smallest absolute Gasteiger partial charge is 0.279 e. The first-order chi connectivity index (χ1) is 14.5. The molecular weight excluding hydrogens is 381 g/mol. The van der Waals surface area contributed by atoms with Gasteiger partial charge in [0.25, 0.3) is 11.5 Å². The lowest BCUT2D eigenvalue weighted by atomic mass is 9.99. The summed E-state index contributed by atoms with van der Waals surface area (Å²) in [6.07, 6.45) is 2.91. The van der Waals surface area contributed by atoms with Crippen molar-refractivity contribution in [1.29, 1.82) is 0 Å². The average Bonchev–Trinajstić information content (AvgIpc) is 3.58. The molecule has 1 atom stereocenters. The third kappa shape index (κ3) is 3.70. The molecule has 1 amide bonds. The van der Waals surface area contributed by atoms with Crippen LogP contribution >= 0.6 is 0 Å². The van der Waals surface area contributed by atoms with Gasteiger partial charge in [-0.15, -0.1) is 0 Å². The Kier molecular flexibility index (Phi) is 5.57. The quantitative estimate of drug-likeness (QED) is 0.614. The maximum atomic E-state index is 14.6. The first-order valence-corrected chi connectivity index (χ1v) is 10.5. The second-order valence-electron chi connectivity index (χ2n) is 7.87. The van der Waals surface area contributed by atoms with E-state index in [4.69, 9.17) is 0 Å². The Morgan fingerprint density at radius 3 is 2.57 bits per heavy atom. The van der Waals surface area contributed by atoms with Gasteiger partial charge in [-0.2, -0.15) is 0 Å². The molecule has 3 aromatic rings. The minimum atomic E-state index is -0.625. The molecule has 1 heterocycles. The maximum Gasteiger partial charge on any atom is 0.279 e. The molecule has 2 N–H and O–H groups in total. The average molecular weight is 407 g/mol. The van der Waals surface area contributed by atoms with Crippen molar-refractivity contribution in [2.45, 2.75) is 39.2 Å². The summed E-state index contributed by atoms with van der Waals surface area (Å²) in [5.41, 5.74) is 4.40. The van der Waals surface area contributed by atoms with E-state index in [0.29, 0.717) is 29.1 Å². The summed E-state index contributed by atoms with van der Waals surface area (Å²) < 4.78 is 15.9. The van der Waals surface area contributed by atoms with Gasteiger partial charge in [0, 0.05) is 11.9 Å². The van der Waals surface area contributed by atoms with Crippen molar-refractivity contribution in [2.24, 2.45) is 5.92 Å². The van der Waals surface area contributed by atoms with E-state index in [9.17, 15) is 14.0 Å². The van der Waals surface area contributed by atoms with Gasteiger partial charge in [-0.25, -0.2) is 9.07 Å². The number of carbonyl (C=O) groups excluding carboxylic acids is 1. The summed E-state index contributed by atoms with van der Waals surface area (Å²) in [4.78, 5) is 26.4. The van der Waals surface area contributed by atoms with Gasteiger partial charge in [0.2, 0.25) is 0 Å². The molecule has 1 aliphatic carbocycles. The monoisotopic (exact) mass is 407 g/mol. The van der Waals surface area contributed by atoms with Crippen molar-refractivity contribution in [3.05, 3.63) is 81.5 Å². The van der Waals surface area contributed by atoms with Gasteiger partial charge in [-0.1, -0.05) is 49.4 Å². The van der Waals surface area contributed by atoms with Crippen molar-refractivity contribution in [3.8, 4) is 0 Å². The van der Waals surface area contributed by atoms with E-state index in [1.807, 2.05) is 37.3 Å². The van der Waals surface area contributed by atoms with Crippen LogP contribution in [0.2, 0.25) is 0 Å². The minimum Gasteiger partial charge on any atom is -0.345 e. The van der Waals surface area contributed by atoms with Crippen LogP contribution in [-0.4, -0.2) is 17.1 Å². The summed E-state index contributed by atoms with van der Waals surface area (Å²) in [6.45, 7) is 4.23. The minimum absolute atomic E-state index is 0.0699. The van der Waals surface area contributed by atoms with Gasteiger partial charge < -0.3 is 10.7 Å². The zero-order chi connectivity index (χ0) is 21.3. The summed E-state index contributed by atoms with van der Waals surface area (Å²) >= 11 is 0. The molecule has 30 heavy (non-hydrogen) atoms. The van der Waals surface area contributed by atoms with E-state index < -0.39 is 11.4 Å². The molecule has 5 nitrogen and oxygen atoms in total. The summed E-state index contributed by atoms with van der Waals surface area (Å²) in [6, 6.07) is 14.2. The molecule has 0 spiro atoms. The van der Waals surface area contributed by atoms with E-state index in [2.05, 4.69) is 10.7 Å². The third-order valence-electron chi connectivity index (χ3n) is 5.68. The predicted molar refractivity (Wildman–Crippen MR) is 117 cm³/mol. The number of nitrogens with one attached hydrogen (secondary N) is 2. The number of hydrogen-bond donors (Lipinski definition) is 2. The normalized spacial score (nSPS) is 14.5. The highest BCUT2D eigenvalue weighted by molar-refractivity contribution is 6.08. The first-order valence-electron chi connectivity index (χ1n) is 10.5. The number of nitrogens with zero attached hydrogens (tertiary/aromatic N) is 1. The number of rotatable bonds is 7. The Bertz CT molecular complexity index is 1140. The van der Waals surface area contributed by atoms with E-state index in [-0.39, 0.29) is 17.3 Å². The number of fused-ring (bicyclic) bond motifs is 1. The fourth-order valence-electron chi connectivity index (χ4n) is 4.00. The van der Waals surface area contributed by atoms with Crippen molar-refractivity contribution in [1.82, 2.24) is 9.99 Å². The lowest BCUT2D eigenvalue weighted by Gasteiger charge is -2.22. The Morgan fingerprint density at radius 1 is 1.17 bits per heavy atom. The van der Waals surface area contributed by atoms with E-state index >= 15 is 0 Å². The highest BCUT2D eigenvalue weighted by atomic mass is 19.1. The summed E-state index contributed by atoms with van der Waals surface area (Å²) in [5, 5.41) is 3.43. The Labute approximate surface area is 174 Å². The number of halogens is 1. The lowest BCUT2D eigenvalue weighted by molar-refractivity contribution is 0.0932. The van der Waals surface area contributed by atoms with Gasteiger partial charge in [0.15, 0.2) is 0 Å². The molecule has 1 aliphatic rings. The SMILES string of the molecule is CCCNn1c(C)c(C(=O)N[C@H](c2ccccc2)C2CC2)c2cccc(F)c2c1=O. The lowest BCUT2D eigenvalue weighted by Crippen LogP contribution is -2.36. The van der Waals surface area contributed by atoms with Crippen molar-refractivity contribution >= 4 is 16.7 Å². The Morgan fingerprint density at radius 2 is 1.90 bits per heavy atom. The molecule has 2 aromatic carbocycles. The third-order valence-corrected chi connectivity index (χ3v) is 5.68. The van der Waals surface area contributed by atoms with Crippen LogP contribution in [-0.2, 0) is 0 Å². The van der Waals surface area contributed by atoms with Crippen LogP contribution in [0.3, 0.4) is 0 Å². The van der Waals surface area contributed by atoms with Crippen LogP contribution in [0, 0.1) is 18.7 Å². The highest BCUT2D eigenvalue weighted by Crippen LogP contribution is 2.41. The van der Waals surface area contributed by atoms with Crippen LogP contribution in [0.4, 0.5) is 4.39 Å². The molecule has 0 saturated heterocycles. The molecule has 4 rings (SSSR count). The summed E-state index contributed by atoms with van der Waals surface area (Å²) in [5.74, 6) is -0.528. The van der Waals surface area contributed by atoms with Crippen molar-refractivity contribution in [2.75, 3.05) is 12.0 Å². The zero-order valence-electron chi connectivity index (χ0n) is 17.2. The van der Waals surface area contributed by atoms with Gasteiger partial charge in [0.05, 0.1) is 22.7 Å². The Hall–Kier alpha value is -3.15. The fourth-order valence-corrected chi connectivity index (χ4v) is 4.00. The standard InChI is InChI=1S/C24H26FN3O2/c1-3-14-26-28-15(2)20(18-10-7-11-19(25)21(18)24(28)30)23(29)27-22(17-12-13-17)16-8-5-4-6-9-16/h4-11,17,22,26H,3,12-14H2,1-2H3,(H,27,29)/t22-/m1/s1. The van der Waals surface area contributed by atoms with Crippen LogP contribution in [0.1, 0.15) is 53.8 Å². The number of benzene rings is 2. The number of aromatic nitrogens is 1. The second-order valence-corrected chi connectivity index (χ2v) is 7.87. The molecule has 0 unspecified atom stereocenters. The van der Waals surface area contributed by atoms with Crippen LogP contribution < -0.4 is 16.3 Å². The van der Waals surface area contributed by atoms with Crippen LogP contribution in [0.25, 0.3) is 10.8 Å². The van der Waals surface area contributed by atoms with Gasteiger partial charge >= 0.3 is 0 Å². The predicted octanol–water partition coefficient (Wildman–Crippen LogP) is 4.28. The molecule has 6 heteroatoms. The topological polar surface area (TPSA) is 63.1 Å². The molecule has 156 valence electrons.